The molecule has 2 aliphatic carbocycles. The van der Waals surface area contributed by atoms with Crippen LogP contribution in [0.3, 0.4) is 0 Å². The molecule has 0 aliphatic heterocycles. The molecule has 3 atom stereocenters. The van der Waals surface area contributed by atoms with Crippen LogP contribution >= 0.6 is 0 Å². The van der Waals surface area contributed by atoms with E-state index in [2.05, 4.69) is 32.6 Å². The van der Waals surface area contributed by atoms with Crippen molar-refractivity contribution in [3.05, 3.63) is 36.0 Å². The summed E-state index contributed by atoms with van der Waals surface area (Å²) in [6.07, 6.45) is 13.7. The first-order chi connectivity index (χ1) is 9.71. The molecular formula is C20H32O. The average molecular weight is 288 g/mol. The largest absolute Gasteiger partial charge is 0.386 e. The van der Waals surface area contributed by atoms with Crippen LogP contribution in [-0.2, 0) is 0 Å². The first-order valence-electron chi connectivity index (χ1n) is 8.45. The van der Waals surface area contributed by atoms with Gasteiger partial charge in [-0.2, -0.15) is 0 Å². The van der Waals surface area contributed by atoms with Crippen LogP contribution in [0.25, 0.3) is 0 Å². The highest BCUT2D eigenvalue weighted by molar-refractivity contribution is 5.18. The second kappa shape index (κ2) is 6.12. The van der Waals surface area contributed by atoms with E-state index in [1.54, 1.807) is 5.57 Å². The van der Waals surface area contributed by atoms with Gasteiger partial charge in [0.15, 0.2) is 0 Å². The predicted octanol–water partition coefficient (Wildman–Crippen LogP) is 5.42. The molecule has 1 fully saturated rings. The van der Waals surface area contributed by atoms with Gasteiger partial charge in [-0.15, -0.1) is 0 Å². The maximum Gasteiger partial charge on any atom is 0.0771 e. The Balaban J connectivity index is 2.05. The number of allylic oxidation sites excluding steroid dienone is 4. The standard InChI is InChI=1S/C20H32O/c1-15-8-6-9-16(2)17-14-20(5,18(17)11-10-15)13-7-12-19(3,4)21/h7-8,12,17-18,21H,2,6,9-11,13-14H2,1,3-5H3/b12-7+,15-8-. The predicted molar refractivity (Wildman–Crippen MR) is 91.1 cm³/mol. The molecule has 2 aliphatic rings. The molecular weight excluding hydrogens is 256 g/mol. The summed E-state index contributed by atoms with van der Waals surface area (Å²) >= 11 is 0. The Hall–Kier alpha value is -0.820. The maximum absolute atomic E-state index is 9.83. The van der Waals surface area contributed by atoms with Crippen molar-refractivity contribution in [3.8, 4) is 0 Å². The van der Waals surface area contributed by atoms with Gasteiger partial charge in [-0.05, 0) is 76.5 Å². The van der Waals surface area contributed by atoms with Crippen LogP contribution in [0.15, 0.2) is 36.0 Å². The molecule has 118 valence electrons. The Morgan fingerprint density at radius 3 is 2.81 bits per heavy atom. The SMILES string of the molecule is C=C1CC/C=C(/C)CCC2C1CC2(C)C/C=C/C(C)(C)O. The van der Waals surface area contributed by atoms with Crippen molar-refractivity contribution in [2.45, 2.75) is 71.8 Å². The molecule has 0 heterocycles. The average Bonchev–Trinajstić information content (AvgIpc) is 2.38. The first-order valence-corrected chi connectivity index (χ1v) is 8.45. The molecule has 0 amide bonds. The lowest BCUT2D eigenvalue weighted by Gasteiger charge is -2.55. The molecule has 2 rings (SSSR count). The van der Waals surface area contributed by atoms with Crippen molar-refractivity contribution in [1.82, 2.24) is 0 Å². The number of fused-ring (bicyclic) bond motifs is 1. The number of aliphatic hydroxyl groups is 1. The zero-order valence-corrected chi connectivity index (χ0v) is 14.3. The first kappa shape index (κ1) is 16.5. The van der Waals surface area contributed by atoms with E-state index in [4.69, 9.17) is 0 Å². The van der Waals surface area contributed by atoms with E-state index >= 15 is 0 Å². The fourth-order valence-electron chi connectivity index (χ4n) is 4.13. The molecule has 1 N–H and O–H groups in total. The zero-order valence-electron chi connectivity index (χ0n) is 14.3. The summed E-state index contributed by atoms with van der Waals surface area (Å²) in [5, 5.41) is 9.83. The number of rotatable bonds is 3. The van der Waals surface area contributed by atoms with E-state index in [1.807, 2.05) is 19.9 Å². The monoisotopic (exact) mass is 288 g/mol. The minimum atomic E-state index is -0.694. The van der Waals surface area contributed by atoms with Gasteiger partial charge >= 0.3 is 0 Å². The maximum atomic E-state index is 9.83. The third kappa shape index (κ3) is 4.10. The van der Waals surface area contributed by atoms with Crippen molar-refractivity contribution in [2.24, 2.45) is 17.3 Å². The van der Waals surface area contributed by atoms with E-state index in [-0.39, 0.29) is 0 Å². The molecule has 0 spiro atoms. The smallest absolute Gasteiger partial charge is 0.0771 e. The van der Waals surface area contributed by atoms with Crippen molar-refractivity contribution >= 4 is 0 Å². The third-order valence-corrected chi connectivity index (χ3v) is 5.51. The summed E-state index contributed by atoms with van der Waals surface area (Å²) in [7, 11) is 0. The van der Waals surface area contributed by atoms with E-state index in [1.165, 1.54) is 31.3 Å². The molecule has 0 aromatic carbocycles. The lowest BCUT2D eigenvalue weighted by Crippen LogP contribution is -2.46. The fraction of sp³-hybridized carbons (Fsp3) is 0.700. The van der Waals surface area contributed by atoms with Crippen LogP contribution in [-0.4, -0.2) is 10.7 Å². The summed E-state index contributed by atoms with van der Waals surface area (Å²) in [4.78, 5) is 0. The topological polar surface area (TPSA) is 20.2 Å². The summed E-state index contributed by atoms with van der Waals surface area (Å²) in [6.45, 7) is 12.7. The van der Waals surface area contributed by atoms with Crippen molar-refractivity contribution in [3.63, 3.8) is 0 Å². The molecule has 21 heavy (non-hydrogen) atoms. The normalized spacial score (nSPS) is 37.0. The second-order valence-electron chi connectivity index (χ2n) is 8.12. The highest BCUT2D eigenvalue weighted by Gasteiger charge is 2.49. The fourth-order valence-corrected chi connectivity index (χ4v) is 4.13. The highest BCUT2D eigenvalue weighted by atomic mass is 16.3. The summed E-state index contributed by atoms with van der Waals surface area (Å²) in [5.74, 6) is 1.49. The van der Waals surface area contributed by atoms with Gasteiger partial charge < -0.3 is 5.11 Å². The van der Waals surface area contributed by atoms with Crippen LogP contribution in [0.1, 0.15) is 66.2 Å². The van der Waals surface area contributed by atoms with Gasteiger partial charge in [0.05, 0.1) is 5.60 Å². The Morgan fingerprint density at radius 2 is 2.14 bits per heavy atom. The summed E-state index contributed by atoms with van der Waals surface area (Å²) in [5.41, 5.74) is 2.71. The third-order valence-electron chi connectivity index (χ3n) is 5.51. The minimum absolute atomic E-state index is 0.389. The van der Waals surface area contributed by atoms with Gasteiger partial charge in [-0.25, -0.2) is 0 Å². The van der Waals surface area contributed by atoms with Gasteiger partial charge in [-0.3, -0.25) is 0 Å². The molecule has 0 aromatic rings. The van der Waals surface area contributed by atoms with E-state index < -0.39 is 5.60 Å². The van der Waals surface area contributed by atoms with E-state index in [9.17, 15) is 5.11 Å². The molecule has 0 radical (unpaired) electrons. The van der Waals surface area contributed by atoms with Crippen LogP contribution in [0.5, 0.6) is 0 Å². The van der Waals surface area contributed by atoms with Crippen molar-refractivity contribution in [2.75, 3.05) is 0 Å². The van der Waals surface area contributed by atoms with Crippen LogP contribution in [0.2, 0.25) is 0 Å². The van der Waals surface area contributed by atoms with Gasteiger partial charge in [-0.1, -0.05) is 42.9 Å². The quantitative estimate of drug-likeness (QED) is 0.687. The Morgan fingerprint density at radius 1 is 1.43 bits per heavy atom. The van der Waals surface area contributed by atoms with E-state index in [0.717, 1.165) is 24.7 Å². The molecule has 0 saturated heterocycles. The summed E-state index contributed by atoms with van der Waals surface area (Å²) in [6, 6.07) is 0. The summed E-state index contributed by atoms with van der Waals surface area (Å²) < 4.78 is 0. The van der Waals surface area contributed by atoms with E-state index in [0.29, 0.717) is 5.41 Å². The molecule has 1 nitrogen and oxygen atoms in total. The Kier molecular flexibility index (Phi) is 4.82. The van der Waals surface area contributed by atoms with Crippen molar-refractivity contribution in [1.29, 1.82) is 0 Å². The second-order valence-corrected chi connectivity index (χ2v) is 8.12. The molecule has 0 aromatic heterocycles. The lowest BCUT2D eigenvalue weighted by molar-refractivity contribution is -0.0114. The highest BCUT2D eigenvalue weighted by Crippen LogP contribution is 2.58. The van der Waals surface area contributed by atoms with Gasteiger partial charge in [0.25, 0.3) is 0 Å². The van der Waals surface area contributed by atoms with Gasteiger partial charge in [0.1, 0.15) is 0 Å². The Bertz CT molecular complexity index is 449. The van der Waals surface area contributed by atoms with Crippen LogP contribution < -0.4 is 0 Å². The van der Waals surface area contributed by atoms with Crippen molar-refractivity contribution < 1.29 is 5.11 Å². The molecule has 1 saturated carbocycles. The number of hydrogen-bond acceptors (Lipinski definition) is 1. The van der Waals surface area contributed by atoms with Gasteiger partial charge in [0.2, 0.25) is 0 Å². The van der Waals surface area contributed by atoms with Gasteiger partial charge in [0, 0.05) is 0 Å². The van der Waals surface area contributed by atoms with Crippen LogP contribution in [0.4, 0.5) is 0 Å². The minimum Gasteiger partial charge on any atom is -0.386 e. The zero-order chi connectivity index (χ0) is 15.7. The lowest BCUT2D eigenvalue weighted by atomic mass is 9.50. The van der Waals surface area contributed by atoms with Crippen LogP contribution in [0, 0.1) is 17.3 Å². The Labute approximate surface area is 130 Å². The molecule has 1 heteroatoms. The molecule has 0 bridgehead atoms. The number of hydrogen-bond donors (Lipinski definition) is 1. The molecule has 3 unspecified atom stereocenters.